The quantitative estimate of drug-likeness (QED) is 0.528. The normalized spacial score (nSPS) is 13.0. The summed E-state index contributed by atoms with van der Waals surface area (Å²) in [6, 6.07) is 4.87. The van der Waals surface area contributed by atoms with Gasteiger partial charge in [-0.05, 0) is 17.5 Å². The summed E-state index contributed by atoms with van der Waals surface area (Å²) in [7, 11) is 0. The number of aromatic hydroxyl groups is 1. The number of para-hydroxylation sites is 1. The number of carboxylic acids is 2. The highest BCUT2D eigenvalue weighted by molar-refractivity contribution is 5.73. The Bertz CT molecular complexity index is 476. The molecule has 2 atom stereocenters. The molecule has 0 bridgehead atoms. The second kappa shape index (κ2) is 8.93. The Morgan fingerprint density at radius 1 is 1.10 bits per heavy atom. The minimum absolute atomic E-state index is 0.0208. The minimum atomic E-state index is -1.07. The standard InChI is InChI=1S/C9H11NO3.C5H11NO2/c10-7(9(12)13)5-6-3-1-2-4-8(6)11;1-3(2)4(6)5(7)8/h1-4,7,11H,5,10H2,(H,12,13);3-4H,6H2,1-2H3,(H,7,8). The van der Waals surface area contributed by atoms with Crippen molar-refractivity contribution in [2.45, 2.75) is 32.4 Å². The third-order valence-electron chi connectivity index (χ3n) is 2.75. The van der Waals surface area contributed by atoms with Crippen LogP contribution in [0.2, 0.25) is 0 Å². The van der Waals surface area contributed by atoms with Gasteiger partial charge in [-0.15, -0.1) is 0 Å². The van der Waals surface area contributed by atoms with Crippen LogP contribution in [0, 0.1) is 5.92 Å². The number of phenols is 1. The van der Waals surface area contributed by atoms with Crippen molar-refractivity contribution in [3.63, 3.8) is 0 Å². The first kappa shape index (κ1) is 18.9. The molecule has 0 aliphatic heterocycles. The molecule has 1 rings (SSSR count). The van der Waals surface area contributed by atoms with Gasteiger partial charge in [-0.1, -0.05) is 32.0 Å². The third kappa shape index (κ3) is 7.28. The average Bonchev–Trinajstić information content (AvgIpc) is 2.40. The SMILES string of the molecule is CC(C)C(N)C(=O)O.NC(Cc1ccccc1O)C(=O)O. The van der Waals surface area contributed by atoms with Crippen molar-refractivity contribution in [1.29, 1.82) is 0 Å². The van der Waals surface area contributed by atoms with E-state index in [1.54, 1.807) is 32.0 Å². The lowest BCUT2D eigenvalue weighted by molar-refractivity contribution is -0.140. The van der Waals surface area contributed by atoms with E-state index in [1.807, 2.05) is 0 Å². The maximum Gasteiger partial charge on any atom is 0.320 e. The first-order chi connectivity index (χ1) is 9.66. The molecule has 0 spiro atoms. The monoisotopic (exact) mass is 298 g/mol. The van der Waals surface area contributed by atoms with Crippen LogP contribution in [0.4, 0.5) is 0 Å². The van der Waals surface area contributed by atoms with Crippen molar-refractivity contribution < 1.29 is 24.9 Å². The van der Waals surface area contributed by atoms with Crippen LogP contribution in [0.1, 0.15) is 19.4 Å². The Morgan fingerprint density at radius 2 is 1.62 bits per heavy atom. The van der Waals surface area contributed by atoms with Gasteiger partial charge in [0.15, 0.2) is 0 Å². The molecular weight excluding hydrogens is 276 g/mol. The van der Waals surface area contributed by atoms with E-state index in [0.29, 0.717) is 5.56 Å². The smallest absolute Gasteiger partial charge is 0.320 e. The van der Waals surface area contributed by atoms with Crippen molar-refractivity contribution in [2.75, 3.05) is 0 Å². The van der Waals surface area contributed by atoms with Gasteiger partial charge < -0.3 is 26.8 Å². The fourth-order valence-electron chi connectivity index (χ4n) is 1.29. The lowest BCUT2D eigenvalue weighted by Crippen LogP contribution is -2.34. The molecular formula is C14H22N2O5. The van der Waals surface area contributed by atoms with Gasteiger partial charge in [0.05, 0.1) is 0 Å². The summed E-state index contributed by atoms with van der Waals surface area (Å²) in [5, 5.41) is 26.0. The largest absolute Gasteiger partial charge is 0.508 e. The van der Waals surface area contributed by atoms with Gasteiger partial charge in [-0.2, -0.15) is 0 Å². The van der Waals surface area contributed by atoms with E-state index in [-0.39, 0.29) is 18.1 Å². The lowest BCUT2D eigenvalue weighted by atomic mass is 10.1. The summed E-state index contributed by atoms with van der Waals surface area (Å²) in [6.07, 6.45) is 0.141. The van der Waals surface area contributed by atoms with Crippen LogP contribution in [-0.2, 0) is 16.0 Å². The molecule has 0 saturated carbocycles. The van der Waals surface area contributed by atoms with Gasteiger partial charge >= 0.3 is 11.9 Å². The number of rotatable bonds is 5. The number of aliphatic carboxylic acids is 2. The number of carboxylic acid groups (broad SMARTS) is 2. The average molecular weight is 298 g/mol. The number of hydrogen-bond acceptors (Lipinski definition) is 5. The Labute approximate surface area is 123 Å². The maximum absolute atomic E-state index is 10.4. The Kier molecular flexibility index (Phi) is 8.03. The summed E-state index contributed by atoms with van der Waals surface area (Å²) in [4.78, 5) is 20.4. The molecule has 0 aliphatic rings. The molecule has 2 unspecified atom stereocenters. The van der Waals surface area contributed by atoms with Crippen LogP contribution >= 0.6 is 0 Å². The van der Waals surface area contributed by atoms with Crippen LogP contribution in [-0.4, -0.2) is 39.3 Å². The van der Waals surface area contributed by atoms with Gasteiger partial charge in [-0.25, -0.2) is 0 Å². The third-order valence-corrected chi connectivity index (χ3v) is 2.75. The zero-order chi connectivity index (χ0) is 16.6. The highest BCUT2D eigenvalue weighted by Gasteiger charge is 2.14. The zero-order valence-corrected chi connectivity index (χ0v) is 12.1. The molecule has 0 amide bonds. The van der Waals surface area contributed by atoms with Crippen molar-refractivity contribution in [2.24, 2.45) is 17.4 Å². The van der Waals surface area contributed by atoms with Crippen molar-refractivity contribution in [3.8, 4) is 5.75 Å². The molecule has 7 N–H and O–H groups in total. The van der Waals surface area contributed by atoms with E-state index in [2.05, 4.69) is 0 Å². The van der Waals surface area contributed by atoms with Crippen LogP contribution in [0.25, 0.3) is 0 Å². The molecule has 7 heteroatoms. The predicted molar refractivity (Wildman–Crippen MR) is 77.9 cm³/mol. The molecule has 7 nitrogen and oxygen atoms in total. The molecule has 1 aromatic carbocycles. The molecule has 0 aliphatic carbocycles. The predicted octanol–water partition coefficient (Wildman–Crippen LogP) is 0.401. The molecule has 21 heavy (non-hydrogen) atoms. The van der Waals surface area contributed by atoms with E-state index in [9.17, 15) is 14.7 Å². The number of benzene rings is 1. The Hall–Kier alpha value is -2.12. The molecule has 1 aromatic rings. The topological polar surface area (TPSA) is 147 Å². The highest BCUT2D eigenvalue weighted by atomic mass is 16.4. The lowest BCUT2D eigenvalue weighted by Gasteiger charge is -2.07. The fourth-order valence-corrected chi connectivity index (χ4v) is 1.29. The summed E-state index contributed by atoms with van der Waals surface area (Å²) in [5.74, 6) is -1.89. The Morgan fingerprint density at radius 3 is 1.95 bits per heavy atom. The van der Waals surface area contributed by atoms with Crippen LogP contribution < -0.4 is 11.5 Å². The van der Waals surface area contributed by atoms with Crippen molar-refractivity contribution >= 4 is 11.9 Å². The summed E-state index contributed by atoms with van der Waals surface area (Å²) < 4.78 is 0. The summed E-state index contributed by atoms with van der Waals surface area (Å²) in [6.45, 7) is 3.55. The summed E-state index contributed by atoms with van der Waals surface area (Å²) >= 11 is 0. The number of phenolic OH excluding ortho intramolecular Hbond substituents is 1. The van der Waals surface area contributed by atoms with E-state index in [1.165, 1.54) is 6.07 Å². The van der Waals surface area contributed by atoms with Gasteiger partial charge in [0, 0.05) is 6.42 Å². The first-order valence-corrected chi connectivity index (χ1v) is 6.40. The number of carbonyl (C=O) groups is 2. The molecule has 0 radical (unpaired) electrons. The molecule has 118 valence electrons. The summed E-state index contributed by atoms with van der Waals surface area (Å²) in [5.41, 5.74) is 11.0. The van der Waals surface area contributed by atoms with Crippen molar-refractivity contribution in [3.05, 3.63) is 29.8 Å². The van der Waals surface area contributed by atoms with E-state index in [0.717, 1.165) is 0 Å². The Balaban J connectivity index is 0.000000433. The maximum atomic E-state index is 10.4. The van der Waals surface area contributed by atoms with Crippen molar-refractivity contribution in [1.82, 2.24) is 0 Å². The second-order valence-electron chi connectivity index (χ2n) is 4.89. The molecule has 0 heterocycles. The van der Waals surface area contributed by atoms with Gasteiger partial charge in [0.1, 0.15) is 17.8 Å². The van der Waals surface area contributed by atoms with Crippen LogP contribution in [0.5, 0.6) is 5.75 Å². The molecule has 0 fully saturated rings. The van der Waals surface area contributed by atoms with Gasteiger partial charge in [0.25, 0.3) is 0 Å². The van der Waals surface area contributed by atoms with E-state index in [4.69, 9.17) is 21.7 Å². The zero-order valence-electron chi connectivity index (χ0n) is 12.1. The van der Waals surface area contributed by atoms with E-state index < -0.39 is 24.0 Å². The van der Waals surface area contributed by atoms with E-state index >= 15 is 0 Å². The fraction of sp³-hybridized carbons (Fsp3) is 0.429. The van der Waals surface area contributed by atoms with Crippen LogP contribution in [0.15, 0.2) is 24.3 Å². The highest BCUT2D eigenvalue weighted by Crippen LogP contribution is 2.16. The second-order valence-corrected chi connectivity index (χ2v) is 4.89. The number of nitrogens with two attached hydrogens (primary N) is 2. The van der Waals surface area contributed by atoms with Gasteiger partial charge in [-0.3, -0.25) is 9.59 Å². The van der Waals surface area contributed by atoms with Crippen LogP contribution in [0.3, 0.4) is 0 Å². The first-order valence-electron chi connectivity index (χ1n) is 6.40. The molecule has 0 aromatic heterocycles. The van der Waals surface area contributed by atoms with Gasteiger partial charge in [0.2, 0.25) is 0 Å². The number of hydrogen-bond donors (Lipinski definition) is 5. The molecule has 0 saturated heterocycles. The minimum Gasteiger partial charge on any atom is -0.508 e.